The third-order valence-electron chi connectivity index (χ3n) is 2.88. The highest BCUT2D eigenvalue weighted by atomic mass is 16.5. The molecule has 0 spiro atoms. The highest BCUT2D eigenvalue weighted by Crippen LogP contribution is 2.19. The summed E-state index contributed by atoms with van der Waals surface area (Å²) >= 11 is 0. The van der Waals surface area contributed by atoms with Crippen molar-refractivity contribution in [1.82, 2.24) is 14.5 Å². The second-order valence-electron chi connectivity index (χ2n) is 4.12. The summed E-state index contributed by atoms with van der Waals surface area (Å²) in [6.45, 7) is 0. The van der Waals surface area contributed by atoms with Crippen molar-refractivity contribution in [3.05, 3.63) is 61.3 Å². The Morgan fingerprint density at radius 1 is 1.11 bits per heavy atom. The third-order valence-corrected chi connectivity index (χ3v) is 2.88. The van der Waals surface area contributed by atoms with E-state index in [1.807, 2.05) is 47.2 Å². The summed E-state index contributed by atoms with van der Waals surface area (Å²) in [6, 6.07) is 12.0. The first-order valence-corrected chi connectivity index (χ1v) is 5.95. The number of hydrogen-bond acceptors (Lipinski definition) is 3. The fraction of sp³-hybridized carbons (Fsp3) is 0.0667. The number of methoxy groups -OCH3 is 1. The molecule has 0 aliphatic carbocycles. The van der Waals surface area contributed by atoms with Crippen molar-refractivity contribution >= 4 is 0 Å². The van der Waals surface area contributed by atoms with Crippen LogP contribution < -0.4 is 4.74 Å². The minimum Gasteiger partial charge on any atom is -0.495 e. The van der Waals surface area contributed by atoms with Crippen LogP contribution >= 0.6 is 0 Å². The molecule has 4 heteroatoms. The molecule has 0 bridgehead atoms. The quantitative estimate of drug-likeness (QED) is 0.718. The second-order valence-corrected chi connectivity index (χ2v) is 4.12. The summed E-state index contributed by atoms with van der Waals surface area (Å²) in [6.07, 6.45) is 7.21. The molecule has 3 rings (SSSR count). The van der Waals surface area contributed by atoms with Crippen molar-refractivity contribution in [3.63, 3.8) is 0 Å². The van der Waals surface area contributed by atoms with Crippen molar-refractivity contribution in [2.75, 3.05) is 7.11 Å². The molecule has 19 heavy (non-hydrogen) atoms. The number of pyridine rings is 1. The highest BCUT2D eigenvalue weighted by molar-refractivity contribution is 5.58. The molecule has 0 atom stereocenters. The van der Waals surface area contributed by atoms with Crippen molar-refractivity contribution < 1.29 is 4.74 Å². The Labute approximate surface area is 111 Å². The normalized spacial score (nSPS) is 10.4. The van der Waals surface area contributed by atoms with E-state index in [9.17, 15) is 0 Å². The van der Waals surface area contributed by atoms with E-state index in [0.29, 0.717) is 0 Å². The molecule has 0 amide bonds. The predicted octanol–water partition coefficient (Wildman–Crippen LogP) is 2.94. The lowest BCUT2D eigenvalue weighted by Crippen LogP contribution is -1.92. The molecule has 1 aromatic carbocycles. The molecule has 0 saturated heterocycles. The molecule has 2 heterocycles. The van der Waals surface area contributed by atoms with Crippen LogP contribution in [0.25, 0.3) is 16.9 Å². The number of aromatic nitrogens is 3. The van der Waals surface area contributed by atoms with Gasteiger partial charge in [0.15, 0.2) is 0 Å². The van der Waals surface area contributed by atoms with Gasteiger partial charge in [0.1, 0.15) is 5.75 Å². The standard InChI is InChI=1S/C15H13N3O/c1-19-14-7-13(8-16-9-14)18-10-15(17-11-18)12-5-3-2-4-6-12/h2-11H,1H3. The molecular weight excluding hydrogens is 238 g/mol. The monoisotopic (exact) mass is 251 g/mol. The summed E-state index contributed by atoms with van der Waals surface area (Å²) in [5, 5.41) is 0. The van der Waals surface area contributed by atoms with Crippen LogP contribution in [-0.4, -0.2) is 21.6 Å². The lowest BCUT2D eigenvalue weighted by atomic mass is 10.2. The third kappa shape index (κ3) is 2.33. The average Bonchev–Trinajstić information content (AvgIpc) is 2.98. The molecule has 0 N–H and O–H groups in total. The van der Waals surface area contributed by atoms with Crippen LogP contribution in [-0.2, 0) is 0 Å². The Kier molecular flexibility index (Phi) is 2.98. The van der Waals surface area contributed by atoms with Crippen LogP contribution in [0.3, 0.4) is 0 Å². The molecule has 0 aliphatic rings. The van der Waals surface area contributed by atoms with E-state index < -0.39 is 0 Å². The summed E-state index contributed by atoms with van der Waals surface area (Å²) in [4.78, 5) is 8.55. The predicted molar refractivity (Wildman–Crippen MR) is 73.3 cm³/mol. The lowest BCUT2D eigenvalue weighted by molar-refractivity contribution is 0.412. The van der Waals surface area contributed by atoms with Crippen LogP contribution in [0.2, 0.25) is 0 Å². The molecule has 0 radical (unpaired) electrons. The Morgan fingerprint density at radius 3 is 2.74 bits per heavy atom. The Morgan fingerprint density at radius 2 is 1.95 bits per heavy atom. The summed E-state index contributed by atoms with van der Waals surface area (Å²) in [5.74, 6) is 0.729. The molecule has 0 aliphatic heterocycles. The van der Waals surface area contributed by atoms with Crippen LogP contribution in [0.1, 0.15) is 0 Å². The summed E-state index contributed by atoms with van der Waals surface area (Å²) < 4.78 is 7.10. The van der Waals surface area contributed by atoms with Gasteiger partial charge in [-0.3, -0.25) is 4.98 Å². The largest absolute Gasteiger partial charge is 0.495 e. The van der Waals surface area contributed by atoms with Crippen LogP contribution in [0.15, 0.2) is 61.3 Å². The van der Waals surface area contributed by atoms with E-state index in [4.69, 9.17) is 4.74 Å². The topological polar surface area (TPSA) is 39.9 Å². The van der Waals surface area contributed by atoms with E-state index in [1.54, 1.807) is 25.8 Å². The number of hydrogen-bond donors (Lipinski definition) is 0. The van der Waals surface area contributed by atoms with Gasteiger partial charge in [-0.05, 0) is 0 Å². The Bertz CT molecular complexity index is 677. The van der Waals surface area contributed by atoms with Crippen molar-refractivity contribution in [3.8, 4) is 22.7 Å². The minimum absolute atomic E-state index is 0.729. The smallest absolute Gasteiger partial charge is 0.139 e. The number of imidazole rings is 1. The van der Waals surface area contributed by atoms with Gasteiger partial charge < -0.3 is 9.30 Å². The first-order valence-electron chi connectivity index (χ1n) is 5.95. The maximum absolute atomic E-state index is 5.17. The van der Waals surface area contributed by atoms with Gasteiger partial charge in [0.25, 0.3) is 0 Å². The molecule has 3 aromatic rings. The van der Waals surface area contributed by atoms with Crippen molar-refractivity contribution in [2.24, 2.45) is 0 Å². The zero-order valence-corrected chi connectivity index (χ0v) is 10.5. The van der Waals surface area contributed by atoms with E-state index in [-0.39, 0.29) is 0 Å². The fourth-order valence-electron chi connectivity index (χ4n) is 1.88. The van der Waals surface area contributed by atoms with Gasteiger partial charge in [-0.15, -0.1) is 0 Å². The van der Waals surface area contributed by atoms with Crippen LogP contribution in [0, 0.1) is 0 Å². The van der Waals surface area contributed by atoms with Gasteiger partial charge in [0.05, 0.1) is 37.2 Å². The van der Waals surface area contributed by atoms with Gasteiger partial charge in [0, 0.05) is 17.8 Å². The molecule has 0 saturated carbocycles. The van der Waals surface area contributed by atoms with Crippen molar-refractivity contribution in [2.45, 2.75) is 0 Å². The van der Waals surface area contributed by atoms with Crippen molar-refractivity contribution in [1.29, 1.82) is 0 Å². The molecule has 0 fully saturated rings. The first kappa shape index (κ1) is 11.5. The zero-order chi connectivity index (χ0) is 13.1. The first-order chi connectivity index (χ1) is 9.36. The van der Waals surface area contributed by atoms with Gasteiger partial charge >= 0.3 is 0 Å². The molecule has 4 nitrogen and oxygen atoms in total. The molecule has 94 valence electrons. The lowest BCUT2D eigenvalue weighted by Gasteiger charge is -2.03. The number of benzene rings is 1. The number of rotatable bonds is 3. The van der Waals surface area contributed by atoms with Gasteiger partial charge in [-0.1, -0.05) is 30.3 Å². The Hall–Kier alpha value is -2.62. The summed E-state index contributed by atoms with van der Waals surface area (Å²) in [5.41, 5.74) is 2.95. The van der Waals surface area contributed by atoms with Gasteiger partial charge in [-0.25, -0.2) is 4.98 Å². The van der Waals surface area contributed by atoms with Gasteiger partial charge in [-0.2, -0.15) is 0 Å². The maximum Gasteiger partial charge on any atom is 0.139 e. The number of nitrogens with zero attached hydrogens (tertiary/aromatic N) is 3. The zero-order valence-electron chi connectivity index (χ0n) is 10.5. The fourth-order valence-corrected chi connectivity index (χ4v) is 1.88. The highest BCUT2D eigenvalue weighted by Gasteiger charge is 2.04. The SMILES string of the molecule is COc1cncc(-n2cnc(-c3ccccc3)c2)c1. The molecule has 2 aromatic heterocycles. The van der Waals surface area contributed by atoms with Gasteiger partial charge in [0.2, 0.25) is 0 Å². The molecule has 0 unspecified atom stereocenters. The molecular formula is C15H13N3O. The maximum atomic E-state index is 5.17. The van der Waals surface area contributed by atoms with E-state index in [1.165, 1.54) is 0 Å². The summed E-state index contributed by atoms with van der Waals surface area (Å²) in [7, 11) is 1.63. The van der Waals surface area contributed by atoms with E-state index >= 15 is 0 Å². The second kappa shape index (κ2) is 4.94. The minimum atomic E-state index is 0.729. The van der Waals surface area contributed by atoms with E-state index in [0.717, 1.165) is 22.7 Å². The number of ether oxygens (including phenoxy) is 1. The van der Waals surface area contributed by atoms with Crippen LogP contribution in [0.4, 0.5) is 0 Å². The van der Waals surface area contributed by atoms with Crippen LogP contribution in [0.5, 0.6) is 5.75 Å². The average molecular weight is 251 g/mol. The van der Waals surface area contributed by atoms with E-state index in [2.05, 4.69) is 9.97 Å². The Balaban J connectivity index is 1.97.